The van der Waals surface area contributed by atoms with Crippen molar-refractivity contribution in [3.63, 3.8) is 0 Å². The zero-order valence-corrected chi connectivity index (χ0v) is 12.3. The molecule has 3 nitrogen and oxygen atoms in total. The van der Waals surface area contributed by atoms with Crippen LogP contribution in [0, 0.1) is 0 Å². The second-order valence-corrected chi connectivity index (χ2v) is 3.35. The largest absolute Gasteiger partial charge is 2.00 e. The molecule has 0 aromatic rings. The van der Waals surface area contributed by atoms with Crippen LogP contribution in [0.1, 0.15) is 6.92 Å². The third-order valence-corrected chi connectivity index (χ3v) is 1.07. The maximum Gasteiger partial charge on any atom is 2.00 e. The number of carbonyl (C=O) groups is 1. The topological polar surface area (TPSA) is 26.3 Å². The van der Waals surface area contributed by atoms with Gasteiger partial charge in [-0.05, 0) is 0 Å². The molecule has 0 aromatic heterocycles. The number of hydrogen-bond donors (Lipinski definition) is 0. The number of quaternary nitrogens is 1. The van der Waals surface area contributed by atoms with Gasteiger partial charge in [-0.25, -0.2) is 0 Å². The van der Waals surface area contributed by atoms with Crippen molar-refractivity contribution in [1.29, 1.82) is 0 Å². The average Bonchev–Trinajstić information content (AvgIpc) is 1.59. The third-order valence-electron chi connectivity index (χ3n) is 1.07. The van der Waals surface area contributed by atoms with Crippen LogP contribution in [0.3, 0.4) is 0 Å². The van der Waals surface area contributed by atoms with Gasteiger partial charge in [0.25, 0.3) is 0 Å². The molecule has 0 fully saturated rings. The molecule has 0 radical (unpaired) electrons. The molecular weight excluding hydrogens is 267 g/mol. The maximum atomic E-state index is 10.3. The summed E-state index contributed by atoms with van der Waals surface area (Å²) in [6.07, 6.45) is 0. The molecule has 0 saturated carbocycles. The Hall–Kier alpha value is 1.00. The first-order chi connectivity index (χ1) is 4.42. The number of esters is 1. The second kappa shape index (κ2) is 6.51. The summed E-state index contributed by atoms with van der Waals surface area (Å²) in [4.78, 5) is 10.3. The maximum absolute atomic E-state index is 10.3. The van der Waals surface area contributed by atoms with E-state index in [1.165, 1.54) is 6.92 Å². The van der Waals surface area contributed by atoms with Gasteiger partial charge in [-0.3, -0.25) is 4.79 Å². The van der Waals surface area contributed by atoms with E-state index in [-0.39, 0.29) is 54.9 Å². The van der Waals surface area contributed by atoms with E-state index in [0.29, 0.717) is 6.61 Å². The zero-order chi connectivity index (χ0) is 8.20. The molecule has 0 amide bonds. The Morgan fingerprint density at radius 2 is 1.82 bits per heavy atom. The predicted octanol–water partition coefficient (Wildman–Crippen LogP) is -0.125. The fourth-order valence-electron chi connectivity index (χ4n) is 0.463. The van der Waals surface area contributed by atoms with Crippen molar-refractivity contribution in [2.75, 3.05) is 34.3 Å². The molecule has 0 unspecified atom stereocenters. The van der Waals surface area contributed by atoms with Gasteiger partial charge in [0.15, 0.2) is 0 Å². The van der Waals surface area contributed by atoms with E-state index < -0.39 is 0 Å². The SMILES string of the molecule is CC(=O)OCC[N+](C)(C)C.[Ba+2]. The first-order valence-corrected chi connectivity index (χ1v) is 3.35. The van der Waals surface area contributed by atoms with Gasteiger partial charge in [-0.1, -0.05) is 0 Å². The van der Waals surface area contributed by atoms with Gasteiger partial charge >= 0.3 is 54.9 Å². The summed E-state index contributed by atoms with van der Waals surface area (Å²) < 4.78 is 5.59. The monoisotopic (exact) mass is 284 g/mol. The molecule has 0 rings (SSSR count). The van der Waals surface area contributed by atoms with Crippen LogP contribution in [0.4, 0.5) is 0 Å². The summed E-state index contributed by atoms with van der Waals surface area (Å²) in [6.45, 7) is 2.80. The summed E-state index contributed by atoms with van der Waals surface area (Å²) in [5.74, 6) is -0.201. The molecule has 0 atom stereocenters. The number of ether oxygens (including phenoxy) is 1. The molecule has 0 aliphatic carbocycles. The summed E-state index contributed by atoms with van der Waals surface area (Å²) in [5.41, 5.74) is 0. The molecule has 0 bridgehead atoms. The summed E-state index contributed by atoms with van der Waals surface area (Å²) in [6, 6.07) is 0. The van der Waals surface area contributed by atoms with Crippen LogP contribution in [0.2, 0.25) is 0 Å². The Morgan fingerprint density at radius 3 is 2.09 bits per heavy atom. The van der Waals surface area contributed by atoms with Gasteiger partial charge in [-0.15, -0.1) is 0 Å². The molecule has 0 N–H and O–H groups in total. The zero-order valence-electron chi connectivity index (χ0n) is 7.89. The van der Waals surface area contributed by atoms with Crippen molar-refractivity contribution in [3.8, 4) is 0 Å². The van der Waals surface area contributed by atoms with Crippen molar-refractivity contribution in [3.05, 3.63) is 0 Å². The van der Waals surface area contributed by atoms with Gasteiger partial charge in [-0.2, -0.15) is 0 Å². The Labute approximate surface area is 109 Å². The van der Waals surface area contributed by atoms with Crippen LogP contribution < -0.4 is 0 Å². The summed E-state index contributed by atoms with van der Waals surface area (Å²) in [7, 11) is 6.18. The molecular formula is C7H16BaNO2+3. The van der Waals surface area contributed by atoms with E-state index in [1.54, 1.807) is 0 Å². The van der Waals surface area contributed by atoms with Crippen LogP contribution in [-0.4, -0.2) is 93.6 Å². The van der Waals surface area contributed by atoms with Crippen LogP contribution in [0.15, 0.2) is 0 Å². The molecule has 0 spiro atoms. The van der Waals surface area contributed by atoms with E-state index in [0.717, 1.165) is 11.0 Å². The number of nitrogens with zero attached hydrogens (tertiary/aromatic N) is 1. The Morgan fingerprint density at radius 1 is 1.36 bits per heavy atom. The predicted molar refractivity (Wildman–Crippen MR) is 45.3 cm³/mol. The van der Waals surface area contributed by atoms with Gasteiger partial charge < -0.3 is 9.22 Å². The first kappa shape index (κ1) is 14.5. The second-order valence-electron chi connectivity index (χ2n) is 3.35. The fourth-order valence-corrected chi connectivity index (χ4v) is 0.463. The smallest absolute Gasteiger partial charge is 0.460 e. The Kier molecular flexibility index (Phi) is 8.59. The quantitative estimate of drug-likeness (QED) is 0.410. The molecule has 4 heteroatoms. The average molecular weight is 284 g/mol. The van der Waals surface area contributed by atoms with Crippen LogP contribution >= 0.6 is 0 Å². The Bertz CT molecular complexity index is 120. The van der Waals surface area contributed by atoms with Crippen molar-refractivity contribution in [1.82, 2.24) is 0 Å². The van der Waals surface area contributed by atoms with Crippen molar-refractivity contribution in [2.24, 2.45) is 0 Å². The fraction of sp³-hybridized carbons (Fsp3) is 0.857. The van der Waals surface area contributed by atoms with Crippen LogP contribution in [-0.2, 0) is 9.53 Å². The molecule has 0 saturated heterocycles. The van der Waals surface area contributed by atoms with Crippen molar-refractivity contribution < 1.29 is 14.0 Å². The molecule has 0 heterocycles. The Balaban J connectivity index is 0. The first-order valence-electron chi connectivity index (χ1n) is 3.35. The van der Waals surface area contributed by atoms with Gasteiger partial charge in [0.05, 0.1) is 21.1 Å². The van der Waals surface area contributed by atoms with E-state index in [1.807, 2.05) is 0 Å². The van der Waals surface area contributed by atoms with E-state index in [9.17, 15) is 4.79 Å². The minimum absolute atomic E-state index is 0. The minimum atomic E-state index is -0.201. The number of carbonyl (C=O) groups excluding carboxylic acids is 1. The molecule has 0 aromatic carbocycles. The summed E-state index contributed by atoms with van der Waals surface area (Å²) >= 11 is 0. The number of rotatable bonds is 3. The standard InChI is InChI=1S/C7H16NO2.Ba/c1-7(9)10-6-5-8(2,3)4;/h5-6H2,1-4H3;/q+1;+2. The normalized spacial score (nSPS) is 10.2. The minimum Gasteiger partial charge on any atom is -0.460 e. The van der Waals surface area contributed by atoms with Gasteiger partial charge in [0, 0.05) is 6.92 Å². The van der Waals surface area contributed by atoms with Crippen LogP contribution in [0.25, 0.3) is 0 Å². The van der Waals surface area contributed by atoms with E-state index in [4.69, 9.17) is 4.74 Å². The molecule has 0 aliphatic heterocycles. The molecule has 0 aliphatic rings. The number of hydrogen-bond acceptors (Lipinski definition) is 2. The van der Waals surface area contributed by atoms with Crippen molar-refractivity contribution >= 4 is 54.9 Å². The van der Waals surface area contributed by atoms with E-state index >= 15 is 0 Å². The van der Waals surface area contributed by atoms with Gasteiger partial charge in [0.1, 0.15) is 13.2 Å². The number of likely N-dealkylation sites (N-methyl/N-ethyl adjacent to an activating group) is 1. The molecule has 11 heavy (non-hydrogen) atoms. The van der Waals surface area contributed by atoms with Crippen LogP contribution in [0.5, 0.6) is 0 Å². The summed E-state index contributed by atoms with van der Waals surface area (Å²) in [5, 5.41) is 0. The van der Waals surface area contributed by atoms with E-state index in [2.05, 4.69) is 21.1 Å². The van der Waals surface area contributed by atoms with Gasteiger partial charge in [0.2, 0.25) is 0 Å². The molecule has 60 valence electrons. The third kappa shape index (κ3) is 13.9. The van der Waals surface area contributed by atoms with Crippen molar-refractivity contribution in [2.45, 2.75) is 6.92 Å².